The van der Waals surface area contributed by atoms with Crippen LogP contribution in [0.25, 0.3) is 100 Å². The van der Waals surface area contributed by atoms with Gasteiger partial charge in [0.1, 0.15) is 22.3 Å². The summed E-state index contributed by atoms with van der Waals surface area (Å²) in [5, 5.41) is 4.26. The van der Waals surface area contributed by atoms with E-state index < -0.39 is 0 Å². The van der Waals surface area contributed by atoms with Crippen molar-refractivity contribution in [1.82, 2.24) is 15.0 Å². The minimum Gasteiger partial charge on any atom is -0.456 e. The van der Waals surface area contributed by atoms with Gasteiger partial charge in [0.25, 0.3) is 0 Å². The Bertz CT molecular complexity index is 2870. The number of pyridine rings is 1. The molecule has 0 saturated carbocycles. The van der Waals surface area contributed by atoms with Crippen molar-refractivity contribution in [2.75, 3.05) is 0 Å². The Morgan fingerprint density at radius 1 is 0.380 bits per heavy atom. The highest BCUT2D eigenvalue weighted by molar-refractivity contribution is 6.16. The summed E-state index contributed by atoms with van der Waals surface area (Å²) in [6.07, 6.45) is 1.81. The van der Waals surface area contributed by atoms with Crippen LogP contribution in [-0.2, 0) is 0 Å². The SMILES string of the molecule is c1ccc(-c2cc(-c3cccc(-c4ccccn4)c3)nc(-c3ccc(-c4ccc5c(c4)oc4ccccc45)c4c3oc3ccccc34)n2)cc1. The fraction of sp³-hybridized carbons (Fsp3) is 0. The van der Waals surface area contributed by atoms with Crippen LogP contribution in [0.2, 0.25) is 0 Å². The minimum absolute atomic E-state index is 0.591. The number of para-hydroxylation sites is 2. The van der Waals surface area contributed by atoms with Gasteiger partial charge in [-0.1, -0.05) is 103 Å². The second-order valence-electron chi connectivity index (χ2n) is 12.4. The Kier molecular flexibility index (Phi) is 6.42. The Hall–Kier alpha value is -6.85. The number of rotatable bonds is 5. The van der Waals surface area contributed by atoms with Crippen LogP contribution in [0, 0.1) is 0 Å². The van der Waals surface area contributed by atoms with Crippen molar-refractivity contribution in [2.24, 2.45) is 0 Å². The van der Waals surface area contributed by atoms with Gasteiger partial charge in [0.15, 0.2) is 5.82 Å². The molecule has 0 aliphatic carbocycles. The lowest BCUT2D eigenvalue weighted by Crippen LogP contribution is -1.97. The average molecular weight is 642 g/mol. The van der Waals surface area contributed by atoms with E-state index in [1.54, 1.807) is 0 Å². The molecular formula is C45H27N3O2. The van der Waals surface area contributed by atoms with Crippen LogP contribution in [0.3, 0.4) is 0 Å². The van der Waals surface area contributed by atoms with Crippen molar-refractivity contribution in [3.05, 3.63) is 164 Å². The van der Waals surface area contributed by atoms with Gasteiger partial charge in [-0.05, 0) is 65.7 Å². The van der Waals surface area contributed by atoms with E-state index in [9.17, 15) is 0 Å². The predicted molar refractivity (Wildman–Crippen MR) is 202 cm³/mol. The molecule has 0 atom stereocenters. The Balaban J connectivity index is 1.19. The first-order valence-corrected chi connectivity index (χ1v) is 16.6. The number of hydrogen-bond acceptors (Lipinski definition) is 5. The lowest BCUT2D eigenvalue weighted by molar-refractivity contribution is 0.668. The standard InChI is InChI=1S/C45H27N3O2/c1-2-11-28(12-3-1)38-27-39(31-14-10-13-30(25-31)37-17-8-9-24-46-37)48-45(47-38)36-23-22-32(43-35-16-5-7-19-41(35)50-44(36)43)29-20-21-34-33-15-4-6-18-40(33)49-42(34)26-29/h1-27H. The van der Waals surface area contributed by atoms with E-state index in [1.165, 1.54) is 0 Å². The molecule has 10 aromatic rings. The van der Waals surface area contributed by atoms with Crippen LogP contribution in [0.5, 0.6) is 0 Å². The normalized spacial score (nSPS) is 11.6. The first kappa shape index (κ1) is 28.2. The largest absolute Gasteiger partial charge is 0.456 e. The number of benzene rings is 6. The zero-order valence-electron chi connectivity index (χ0n) is 26.7. The molecule has 0 radical (unpaired) electrons. The third kappa shape index (κ3) is 4.67. The number of nitrogens with zero attached hydrogens (tertiary/aromatic N) is 3. The highest BCUT2D eigenvalue weighted by Crippen LogP contribution is 2.43. The molecular weight excluding hydrogens is 615 g/mol. The Labute approximate surface area is 287 Å². The molecule has 0 fully saturated rings. The van der Waals surface area contributed by atoms with Gasteiger partial charge in [-0.3, -0.25) is 4.98 Å². The van der Waals surface area contributed by atoms with Crippen molar-refractivity contribution in [1.29, 1.82) is 0 Å². The lowest BCUT2D eigenvalue weighted by Gasteiger charge is -2.12. The van der Waals surface area contributed by atoms with E-state index >= 15 is 0 Å². The molecule has 5 nitrogen and oxygen atoms in total. The third-order valence-electron chi connectivity index (χ3n) is 9.37. The first-order valence-electron chi connectivity index (χ1n) is 16.6. The van der Waals surface area contributed by atoms with Crippen LogP contribution in [0.1, 0.15) is 0 Å². The molecule has 5 heteroatoms. The quantitative estimate of drug-likeness (QED) is 0.187. The summed E-state index contributed by atoms with van der Waals surface area (Å²) in [5.74, 6) is 0.591. The van der Waals surface area contributed by atoms with E-state index in [2.05, 4.69) is 89.9 Å². The number of fused-ring (bicyclic) bond motifs is 6. The third-order valence-corrected chi connectivity index (χ3v) is 9.37. The molecule has 6 aromatic carbocycles. The van der Waals surface area contributed by atoms with Gasteiger partial charge < -0.3 is 8.83 Å². The zero-order valence-corrected chi connectivity index (χ0v) is 26.7. The smallest absolute Gasteiger partial charge is 0.164 e. The van der Waals surface area contributed by atoms with Gasteiger partial charge in [0.05, 0.1) is 22.6 Å². The monoisotopic (exact) mass is 641 g/mol. The van der Waals surface area contributed by atoms with Crippen LogP contribution < -0.4 is 0 Å². The summed E-state index contributed by atoms with van der Waals surface area (Å²) in [5.41, 5.74) is 11.8. The summed E-state index contributed by atoms with van der Waals surface area (Å²) in [4.78, 5) is 15.0. The fourth-order valence-electron chi connectivity index (χ4n) is 6.98. The molecule has 0 amide bonds. The maximum absolute atomic E-state index is 6.69. The van der Waals surface area contributed by atoms with Crippen LogP contribution in [-0.4, -0.2) is 15.0 Å². The first-order chi connectivity index (χ1) is 24.8. The summed E-state index contributed by atoms with van der Waals surface area (Å²) in [6, 6.07) is 53.6. The summed E-state index contributed by atoms with van der Waals surface area (Å²) in [7, 11) is 0. The highest BCUT2D eigenvalue weighted by Gasteiger charge is 2.21. The lowest BCUT2D eigenvalue weighted by atomic mass is 9.96. The molecule has 0 saturated heterocycles. The molecule has 0 spiro atoms. The summed E-state index contributed by atoms with van der Waals surface area (Å²) >= 11 is 0. The fourth-order valence-corrected chi connectivity index (χ4v) is 6.98. The number of furan rings is 2. The van der Waals surface area contributed by atoms with Crippen LogP contribution in [0.4, 0.5) is 0 Å². The van der Waals surface area contributed by atoms with E-state index in [-0.39, 0.29) is 0 Å². The van der Waals surface area contributed by atoms with Crippen molar-refractivity contribution in [2.45, 2.75) is 0 Å². The maximum atomic E-state index is 6.69. The topological polar surface area (TPSA) is 65.0 Å². The van der Waals surface area contributed by atoms with Crippen molar-refractivity contribution in [3.63, 3.8) is 0 Å². The molecule has 50 heavy (non-hydrogen) atoms. The van der Waals surface area contributed by atoms with Gasteiger partial charge in [-0.2, -0.15) is 0 Å². The van der Waals surface area contributed by atoms with E-state index in [4.69, 9.17) is 18.8 Å². The van der Waals surface area contributed by atoms with Crippen molar-refractivity contribution >= 4 is 43.9 Å². The molecule has 0 bridgehead atoms. The van der Waals surface area contributed by atoms with E-state index in [0.717, 1.165) is 94.3 Å². The maximum Gasteiger partial charge on any atom is 0.164 e. The zero-order chi connectivity index (χ0) is 33.0. The summed E-state index contributed by atoms with van der Waals surface area (Å²) in [6.45, 7) is 0. The molecule has 0 aliphatic heterocycles. The molecule has 10 rings (SSSR count). The van der Waals surface area contributed by atoms with E-state index in [1.807, 2.05) is 79.0 Å². The number of hydrogen-bond donors (Lipinski definition) is 0. The van der Waals surface area contributed by atoms with Crippen LogP contribution >= 0.6 is 0 Å². The molecule has 0 N–H and O–H groups in total. The predicted octanol–water partition coefficient (Wildman–Crippen LogP) is 12.0. The molecule has 234 valence electrons. The van der Waals surface area contributed by atoms with Gasteiger partial charge >= 0.3 is 0 Å². The summed E-state index contributed by atoms with van der Waals surface area (Å²) < 4.78 is 13.0. The second-order valence-corrected chi connectivity index (χ2v) is 12.4. The van der Waals surface area contributed by atoms with Crippen molar-refractivity contribution in [3.8, 4) is 56.3 Å². The van der Waals surface area contributed by atoms with Gasteiger partial charge in [0, 0.05) is 44.4 Å². The molecule has 4 heterocycles. The van der Waals surface area contributed by atoms with Gasteiger partial charge in [-0.25, -0.2) is 9.97 Å². The Morgan fingerprint density at radius 3 is 1.86 bits per heavy atom. The highest BCUT2D eigenvalue weighted by atomic mass is 16.3. The molecule has 0 aliphatic rings. The molecule has 4 aromatic heterocycles. The van der Waals surface area contributed by atoms with Crippen LogP contribution in [0.15, 0.2) is 173 Å². The second kappa shape index (κ2) is 11.4. The van der Waals surface area contributed by atoms with E-state index in [0.29, 0.717) is 5.82 Å². The van der Waals surface area contributed by atoms with Gasteiger partial charge in [-0.15, -0.1) is 0 Å². The van der Waals surface area contributed by atoms with Gasteiger partial charge in [0.2, 0.25) is 0 Å². The number of aromatic nitrogens is 3. The molecule has 0 unspecified atom stereocenters. The van der Waals surface area contributed by atoms with Crippen molar-refractivity contribution < 1.29 is 8.83 Å². The Morgan fingerprint density at radius 2 is 1.04 bits per heavy atom. The minimum atomic E-state index is 0.591. The average Bonchev–Trinajstić information content (AvgIpc) is 3.77.